The second kappa shape index (κ2) is 7.40. The minimum Gasteiger partial charge on any atom is -0.392 e. The fourth-order valence-corrected chi connectivity index (χ4v) is 1.70. The number of hydrogen-bond donors (Lipinski definition) is 3. The Hall–Kier alpha value is -0.200. The molecule has 0 saturated carbocycles. The van der Waals surface area contributed by atoms with Gasteiger partial charge in [-0.1, -0.05) is 0 Å². The molecular formula is C13H27NO4. The lowest BCUT2D eigenvalue weighted by molar-refractivity contribution is -0.0198. The van der Waals surface area contributed by atoms with E-state index in [1.807, 2.05) is 13.8 Å². The van der Waals surface area contributed by atoms with Crippen LogP contribution in [0.5, 0.6) is 0 Å². The van der Waals surface area contributed by atoms with Crippen LogP contribution in [0.4, 0.5) is 0 Å². The smallest absolute Gasteiger partial charge is 0.0897 e. The van der Waals surface area contributed by atoms with Gasteiger partial charge in [0.2, 0.25) is 0 Å². The predicted molar refractivity (Wildman–Crippen MR) is 69.6 cm³/mol. The summed E-state index contributed by atoms with van der Waals surface area (Å²) in [7, 11) is 0. The minimum absolute atomic E-state index is 0.194. The molecular weight excluding hydrogens is 234 g/mol. The van der Waals surface area contributed by atoms with Crippen molar-refractivity contribution >= 4 is 0 Å². The van der Waals surface area contributed by atoms with Gasteiger partial charge in [0.15, 0.2) is 0 Å². The zero-order chi connectivity index (χ0) is 13.6. The lowest BCUT2D eigenvalue weighted by Gasteiger charge is -2.30. The lowest BCUT2D eigenvalue weighted by Crippen LogP contribution is -2.51. The number of hydrogen-bond acceptors (Lipinski definition) is 5. The fourth-order valence-electron chi connectivity index (χ4n) is 1.70. The summed E-state index contributed by atoms with van der Waals surface area (Å²) in [5.41, 5.74) is -0.407. The molecule has 1 aliphatic rings. The van der Waals surface area contributed by atoms with Crippen LogP contribution in [-0.2, 0) is 9.47 Å². The van der Waals surface area contributed by atoms with Crippen molar-refractivity contribution in [1.29, 1.82) is 0 Å². The van der Waals surface area contributed by atoms with Gasteiger partial charge in [0.25, 0.3) is 0 Å². The first-order valence-corrected chi connectivity index (χ1v) is 6.72. The SMILES string of the molecule is CC(O)C(C)(C)NCC(O)COCC1CCCO1. The Balaban J connectivity index is 2.07. The summed E-state index contributed by atoms with van der Waals surface area (Å²) < 4.78 is 10.9. The Morgan fingerprint density at radius 2 is 2.17 bits per heavy atom. The quantitative estimate of drug-likeness (QED) is 0.586. The van der Waals surface area contributed by atoms with Crippen molar-refractivity contribution < 1.29 is 19.7 Å². The maximum absolute atomic E-state index is 9.76. The third-order valence-electron chi connectivity index (χ3n) is 3.48. The molecule has 1 rings (SSSR count). The van der Waals surface area contributed by atoms with Gasteiger partial charge in [-0.2, -0.15) is 0 Å². The van der Waals surface area contributed by atoms with Gasteiger partial charge in [-0.3, -0.25) is 0 Å². The highest BCUT2D eigenvalue weighted by Gasteiger charge is 2.24. The van der Waals surface area contributed by atoms with Gasteiger partial charge in [-0.25, -0.2) is 0 Å². The third kappa shape index (κ3) is 5.63. The molecule has 3 N–H and O–H groups in total. The lowest BCUT2D eigenvalue weighted by atomic mass is 9.99. The summed E-state index contributed by atoms with van der Waals surface area (Å²) in [6.45, 7) is 7.60. The molecule has 0 bridgehead atoms. The third-order valence-corrected chi connectivity index (χ3v) is 3.48. The van der Waals surface area contributed by atoms with Crippen molar-refractivity contribution in [3.05, 3.63) is 0 Å². The minimum atomic E-state index is -0.565. The van der Waals surface area contributed by atoms with Gasteiger partial charge in [-0.15, -0.1) is 0 Å². The second-order valence-corrected chi connectivity index (χ2v) is 5.60. The van der Waals surface area contributed by atoms with Crippen molar-refractivity contribution in [3.8, 4) is 0 Å². The standard InChI is InChI=1S/C13H27NO4/c1-10(15)13(2,3)14-7-11(16)8-17-9-12-5-4-6-18-12/h10-12,14-16H,4-9H2,1-3H3. The molecule has 0 aliphatic carbocycles. The number of aliphatic hydroxyl groups excluding tert-OH is 2. The van der Waals surface area contributed by atoms with Crippen LogP contribution in [-0.4, -0.2) is 60.4 Å². The summed E-state index contributed by atoms with van der Waals surface area (Å²) in [6, 6.07) is 0. The largest absolute Gasteiger partial charge is 0.392 e. The van der Waals surface area contributed by atoms with Crippen LogP contribution in [0.1, 0.15) is 33.6 Å². The molecule has 3 unspecified atom stereocenters. The summed E-state index contributed by atoms with van der Waals surface area (Å²) in [5, 5.41) is 22.4. The zero-order valence-electron chi connectivity index (χ0n) is 11.7. The van der Waals surface area contributed by atoms with Crippen molar-refractivity contribution in [2.24, 2.45) is 0 Å². The highest BCUT2D eigenvalue weighted by molar-refractivity contribution is 4.83. The second-order valence-electron chi connectivity index (χ2n) is 5.60. The molecule has 5 heteroatoms. The highest BCUT2D eigenvalue weighted by atomic mass is 16.5. The van der Waals surface area contributed by atoms with E-state index in [1.54, 1.807) is 6.92 Å². The molecule has 108 valence electrons. The van der Waals surface area contributed by atoms with Gasteiger partial charge < -0.3 is 25.0 Å². The van der Waals surface area contributed by atoms with Crippen LogP contribution in [0.25, 0.3) is 0 Å². The molecule has 0 aromatic rings. The first kappa shape index (κ1) is 15.9. The van der Waals surface area contributed by atoms with Crippen LogP contribution in [0, 0.1) is 0 Å². The molecule has 1 saturated heterocycles. The van der Waals surface area contributed by atoms with Crippen molar-refractivity contribution in [2.45, 2.75) is 57.5 Å². The summed E-state index contributed by atoms with van der Waals surface area (Å²) in [5.74, 6) is 0. The predicted octanol–water partition coefficient (Wildman–Crippen LogP) is 0.292. The Morgan fingerprint density at radius 3 is 2.72 bits per heavy atom. The summed E-state index contributed by atoms with van der Waals surface area (Å²) >= 11 is 0. The Bertz CT molecular complexity index is 227. The van der Waals surface area contributed by atoms with Crippen LogP contribution >= 0.6 is 0 Å². The number of aliphatic hydroxyl groups is 2. The van der Waals surface area contributed by atoms with E-state index in [-0.39, 0.29) is 6.10 Å². The van der Waals surface area contributed by atoms with Crippen LogP contribution in [0.15, 0.2) is 0 Å². The highest BCUT2D eigenvalue weighted by Crippen LogP contribution is 2.12. The number of ether oxygens (including phenoxy) is 2. The summed E-state index contributed by atoms with van der Waals surface area (Å²) in [4.78, 5) is 0. The first-order valence-electron chi connectivity index (χ1n) is 6.72. The average Bonchev–Trinajstić information content (AvgIpc) is 2.79. The molecule has 1 aliphatic heterocycles. The topological polar surface area (TPSA) is 71.0 Å². The molecule has 0 radical (unpaired) electrons. The maximum Gasteiger partial charge on any atom is 0.0897 e. The number of nitrogens with one attached hydrogen (secondary N) is 1. The summed E-state index contributed by atoms with van der Waals surface area (Å²) in [6.07, 6.45) is 1.30. The molecule has 18 heavy (non-hydrogen) atoms. The Kier molecular flexibility index (Phi) is 6.52. The van der Waals surface area contributed by atoms with E-state index in [2.05, 4.69) is 5.32 Å². The van der Waals surface area contributed by atoms with Crippen LogP contribution in [0.2, 0.25) is 0 Å². The molecule has 0 aromatic carbocycles. The molecule has 0 amide bonds. The van der Waals surface area contributed by atoms with Gasteiger partial charge in [0.05, 0.1) is 31.5 Å². The molecule has 0 spiro atoms. The molecule has 1 fully saturated rings. The number of β-amino-alcohol motifs (C(OH)–C–C–N with tert-alkyl or cyclic N) is 1. The Labute approximate surface area is 109 Å². The van der Waals surface area contributed by atoms with Crippen LogP contribution in [0.3, 0.4) is 0 Å². The van der Waals surface area contributed by atoms with E-state index in [0.29, 0.717) is 19.8 Å². The molecule has 3 atom stereocenters. The van der Waals surface area contributed by atoms with E-state index in [1.165, 1.54) is 0 Å². The molecule has 0 aromatic heterocycles. The van der Waals surface area contributed by atoms with Crippen molar-refractivity contribution in [3.63, 3.8) is 0 Å². The van der Waals surface area contributed by atoms with Gasteiger partial charge in [0.1, 0.15) is 0 Å². The van der Waals surface area contributed by atoms with E-state index in [0.717, 1.165) is 19.4 Å². The van der Waals surface area contributed by atoms with E-state index >= 15 is 0 Å². The van der Waals surface area contributed by atoms with Crippen LogP contribution < -0.4 is 5.32 Å². The van der Waals surface area contributed by atoms with E-state index < -0.39 is 17.7 Å². The maximum atomic E-state index is 9.76. The normalized spacial score (nSPS) is 24.2. The number of rotatable bonds is 8. The fraction of sp³-hybridized carbons (Fsp3) is 1.00. The van der Waals surface area contributed by atoms with E-state index in [4.69, 9.17) is 9.47 Å². The zero-order valence-corrected chi connectivity index (χ0v) is 11.7. The van der Waals surface area contributed by atoms with Gasteiger partial charge in [0, 0.05) is 18.7 Å². The van der Waals surface area contributed by atoms with Crippen molar-refractivity contribution in [1.82, 2.24) is 5.32 Å². The van der Waals surface area contributed by atoms with Crippen molar-refractivity contribution in [2.75, 3.05) is 26.4 Å². The van der Waals surface area contributed by atoms with E-state index in [9.17, 15) is 10.2 Å². The Morgan fingerprint density at radius 1 is 1.44 bits per heavy atom. The van der Waals surface area contributed by atoms with Gasteiger partial charge >= 0.3 is 0 Å². The van der Waals surface area contributed by atoms with Gasteiger partial charge in [-0.05, 0) is 33.6 Å². The first-order chi connectivity index (χ1) is 8.42. The molecule has 5 nitrogen and oxygen atoms in total. The monoisotopic (exact) mass is 261 g/mol. The molecule has 1 heterocycles. The average molecular weight is 261 g/mol.